The molecule has 2 N–H and O–H groups in total. The summed E-state index contributed by atoms with van der Waals surface area (Å²) in [5.74, 6) is -0.365. The summed E-state index contributed by atoms with van der Waals surface area (Å²) in [5, 5.41) is 3.66. The fourth-order valence-electron chi connectivity index (χ4n) is 1.60. The monoisotopic (exact) mass is 299 g/mol. The molecule has 0 aliphatic rings. The lowest BCUT2D eigenvalue weighted by Crippen LogP contribution is -2.16. The van der Waals surface area contributed by atoms with Gasteiger partial charge in [0.1, 0.15) is 15.7 Å². The second-order valence-corrected chi connectivity index (χ2v) is 6.72. The van der Waals surface area contributed by atoms with Gasteiger partial charge < -0.3 is 10.3 Å². The maximum Gasteiger partial charge on any atom is 0.243 e. The second kappa shape index (κ2) is 5.68. The predicted molar refractivity (Wildman–Crippen MR) is 70.9 cm³/mol. The molecule has 0 saturated carbocycles. The van der Waals surface area contributed by atoms with E-state index < -0.39 is 21.7 Å². The van der Waals surface area contributed by atoms with Gasteiger partial charge in [-0.15, -0.1) is 0 Å². The summed E-state index contributed by atoms with van der Waals surface area (Å²) in [6.07, 6.45) is 1.29. The zero-order valence-corrected chi connectivity index (χ0v) is 11.6. The molecule has 1 atom stereocenters. The molecule has 0 aliphatic carbocycles. The van der Waals surface area contributed by atoms with Gasteiger partial charge in [0.25, 0.3) is 0 Å². The number of benzene rings is 1. The molecule has 1 heterocycles. The molecule has 0 spiro atoms. The molecule has 6 nitrogen and oxygen atoms in total. The van der Waals surface area contributed by atoms with Crippen molar-refractivity contribution in [2.75, 3.05) is 12.0 Å². The van der Waals surface area contributed by atoms with Crippen LogP contribution >= 0.6 is 0 Å². The van der Waals surface area contributed by atoms with Gasteiger partial charge in [-0.05, 0) is 18.6 Å². The van der Waals surface area contributed by atoms with Crippen LogP contribution in [0.25, 0.3) is 11.4 Å². The Morgan fingerprint density at radius 1 is 1.40 bits per heavy atom. The van der Waals surface area contributed by atoms with Crippen LogP contribution in [0.2, 0.25) is 0 Å². The third kappa shape index (κ3) is 3.61. The Hall–Kier alpha value is -1.80. The van der Waals surface area contributed by atoms with Crippen LogP contribution in [0.3, 0.4) is 0 Å². The van der Waals surface area contributed by atoms with Crippen molar-refractivity contribution in [3.63, 3.8) is 0 Å². The lowest BCUT2D eigenvalue weighted by Gasteiger charge is -2.04. The minimum Gasteiger partial charge on any atom is -0.337 e. The molecule has 0 amide bonds. The molecule has 20 heavy (non-hydrogen) atoms. The van der Waals surface area contributed by atoms with Crippen LogP contribution in [-0.4, -0.2) is 30.6 Å². The molecule has 0 saturated heterocycles. The number of nitrogens with two attached hydrogens (primary N) is 1. The molecule has 0 fully saturated rings. The van der Waals surface area contributed by atoms with Gasteiger partial charge in [-0.2, -0.15) is 4.98 Å². The number of rotatable bonds is 5. The summed E-state index contributed by atoms with van der Waals surface area (Å²) >= 11 is 0. The highest BCUT2D eigenvalue weighted by Crippen LogP contribution is 2.21. The number of nitrogens with zero attached hydrogens (tertiary/aromatic N) is 2. The predicted octanol–water partition coefficient (Wildman–Crippen LogP) is 1.31. The molecular formula is C12H14FN3O3S. The van der Waals surface area contributed by atoms with E-state index in [1.165, 1.54) is 12.1 Å². The normalized spacial score (nSPS) is 13.3. The molecule has 8 heteroatoms. The third-order valence-corrected chi connectivity index (χ3v) is 3.65. The smallest absolute Gasteiger partial charge is 0.243 e. The standard InChI is InChI=1S/C12H14FN3O3S/c1-20(17,18)7-6-10(14)12-15-11(16-19-12)8-4-2-3-5-9(8)13/h2-5,10H,6-7,14H2,1H3. The zero-order valence-electron chi connectivity index (χ0n) is 10.8. The first kappa shape index (κ1) is 14.6. The van der Waals surface area contributed by atoms with Gasteiger partial charge in [0, 0.05) is 6.26 Å². The van der Waals surface area contributed by atoms with E-state index in [1.807, 2.05) is 0 Å². The van der Waals surface area contributed by atoms with E-state index in [0.717, 1.165) is 6.26 Å². The molecule has 0 bridgehead atoms. The maximum atomic E-state index is 13.6. The van der Waals surface area contributed by atoms with Crippen molar-refractivity contribution >= 4 is 9.84 Å². The Kier molecular flexibility index (Phi) is 4.15. The molecule has 1 unspecified atom stereocenters. The molecule has 108 valence electrons. The van der Waals surface area contributed by atoms with Crippen LogP contribution in [-0.2, 0) is 9.84 Å². The molecule has 1 aromatic carbocycles. The first-order chi connectivity index (χ1) is 9.37. The Labute approximate surface area is 115 Å². The molecule has 1 aromatic heterocycles. The van der Waals surface area contributed by atoms with Crippen LogP contribution in [0.1, 0.15) is 18.4 Å². The van der Waals surface area contributed by atoms with Crippen LogP contribution in [0.4, 0.5) is 4.39 Å². The van der Waals surface area contributed by atoms with E-state index in [1.54, 1.807) is 12.1 Å². The Morgan fingerprint density at radius 3 is 2.75 bits per heavy atom. The van der Waals surface area contributed by atoms with Gasteiger partial charge >= 0.3 is 0 Å². The second-order valence-electron chi connectivity index (χ2n) is 4.46. The summed E-state index contributed by atoms with van der Waals surface area (Å²) in [6.45, 7) is 0. The van der Waals surface area contributed by atoms with E-state index in [2.05, 4.69) is 10.1 Å². The number of aromatic nitrogens is 2. The van der Waals surface area contributed by atoms with Crippen molar-refractivity contribution < 1.29 is 17.3 Å². The first-order valence-corrected chi connectivity index (χ1v) is 7.94. The van der Waals surface area contributed by atoms with Crippen LogP contribution in [0.5, 0.6) is 0 Å². The SMILES string of the molecule is CS(=O)(=O)CCC(N)c1nc(-c2ccccc2F)no1. The molecule has 2 rings (SSSR count). The minimum atomic E-state index is -3.11. The van der Waals surface area contributed by atoms with Crippen molar-refractivity contribution in [3.8, 4) is 11.4 Å². The first-order valence-electron chi connectivity index (χ1n) is 5.88. The third-order valence-electron chi connectivity index (χ3n) is 2.67. The number of sulfone groups is 1. The van der Waals surface area contributed by atoms with E-state index >= 15 is 0 Å². The number of halogens is 1. The Bertz CT molecular complexity index is 699. The Balaban J connectivity index is 2.15. The quantitative estimate of drug-likeness (QED) is 0.893. The van der Waals surface area contributed by atoms with Gasteiger partial charge in [-0.25, -0.2) is 12.8 Å². The lowest BCUT2D eigenvalue weighted by atomic mass is 10.2. The van der Waals surface area contributed by atoms with Crippen molar-refractivity contribution in [2.24, 2.45) is 5.73 Å². The summed E-state index contributed by atoms with van der Waals surface area (Å²) in [4.78, 5) is 4.00. The van der Waals surface area contributed by atoms with Crippen LogP contribution in [0.15, 0.2) is 28.8 Å². The highest BCUT2D eigenvalue weighted by Gasteiger charge is 2.18. The van der Waals surface area contributed by atoms with Crippen LogP contribution in [0, 0.1) is 5.82 Å². The van der Waals surface area contributed by atoms with E-state index in [9.17, 15) is 12.8 Å². The highest BCUT2D eigenvalue weighted by atomic mass is 32.2. The van der Waals surface area contributed by atoms with Crippen molar-refractivity contribution in [3.05, 3.63) is 36.0 Å². The van der Waals surface area contributed by atoms with Crippen LogP contribution < -0.4 is 5.73 Å². The van der Waals surface area contributed by atoms with E-state index in [-0.39, 0.29) is 29.5 Å². The van der Waals surface area contributed by atoms with Crippen molar-refractivity contribution in [1.82, 2.24) is 10.1 Å². The largest absolute Gasteiger partial charge is 0.337 e. The summed E-state index contributed by atoms with van der Waals surface area (Å²) < 4.78 is 40.6. The van der Waals surface area contributed by atoms with Crippen molar-refractivity contribution in [1.29, 1.82) is 0 Å². The fourth-order valence-corrected chi connectivity index (χ4v) is 2.28. The summed E-state index contributed by atoms with van der Waals surface area (Å²) in [6, 6.07) is 5.31. The lowest BCUT2D eigenvalue weighted by molar-refractivity contribution is 0.352. The summed E-state index contributed by atoms with van der Waals surface area (Å²) in [5.41, 5.74) is 5.98. The van der Waals surface area contributed by atoms with Gasteiger partial charge in [-0.3, -0.25) is 0 Å². The zero-order chi connectivity index (χ0) is 14.8. The molecule has 0 aliphatic heterocycles. The van der Waals surface area contributed by atoms with E-state index in [0.29, 0.717) is 0 Å². The minimum absolute atomic E-state index is 0.0778. The summed E-state index contributed by atoms with van der Waals surface area (Å²) in [7, 11) is -3.11. The van der Waals surface area contributed by atoms with Gasteiger partial charge in [-0.1, -0.05) is 17.3 Å². The number of hydrogen-bond acceptors (Lipinski definition) is 6. The van der Waals surface area contributed by atoms with Gasteiger partial charge in [0.15, 0.2) is 0 Å². The number of hydrogen-bond donors (Lipinski definition) is 1. The van der Waals surface area contributed by atoms with E-state index in [4.69, 9.17) is 10.3 Å². The van der Waals surface area contributed by atoms with Gasteiger partial charge in [0.2, 0.25) is 11.7 Å². The molecular weight excluding hydrogens is 285 g/mol. The Morgan fingerprint density at radius 2 is 2.10 bits per heavy atom. The fraction of sp³-hybridized carbons (Fsp3) is 0.333. The molecule has 0 radical (unpaired) electrons. The van der Waals surface area contributed by atoms with Gasteiger partial charge in [0.05, 0.1) is 17.4 Å². The molecule has 2 aromatic rings. The van der Waals surface area contributed by atoms with Crippen molar-refractivity contribution in [2.45, 2.75) is 12.5 Å². The average molecular weight is 299 g/mol. The average Bonchev–Trinajstić information content (AvgIpc) is 2.85. The highest BCUT2D eigenvalue weighted by molar-refractivity contribution is 7.90. The maximum absolute atomic E-state index is 13.6. The topological polar surface area (TPSA) is 99.1 Å².